The molecule has 0 bridgehead atoms. The maximum Gasteiger partial charge on any atom is 0.416 e. The van der Waals surface area contributed by atoms with Crippen molar-refractivity contribution >= 4 is 0 Å². The van der Waals surface area contributed by atoms with E-state index in [9.17, 15) is 18.4 Å². The van der Waals surface area contributed by atoms with Crippen LogP contribution in [-0.2, 0) is 16.7 Å². The molecule has 6 heteroatoms. The summed E-state index contributed by atoms with van der Waals surface area (Å²) in [6.45, 7) is 0.776. The van der Waals surface area contributed by atoms with Gasteiger partial charge in [-0.05, 0) is 47.8 Å². The first-order valence-corrected chi connectivity index (χ1v) is 6.81. The SMILES string of the molecule is [2H]C([2H])([2H])C(=C)C(OO)(c1ccc(OC)cc1)c1ccc(C(F)(F)F)cc1. The second kappa shape index (κ2) is 6.67. The molecular weight excluding hydrogens is 321 g/mol. The summed E-state index contributed by atoms with van der Waals surface area (Å²) in [5, 5.41) is 9.71. The lowest BCUT2D eigenvalue weighted by Crippen LogP contribution is -2.31. The molecule has 1 atom stereocenters. The Balaban J connectivity index is 2.70. The molecule has 0 heterocycles. The third kappa shape index (κ3) is 3.16. The van der Waals surface area contributed by atoms with E-state index in [1.54, 1.807) is 0 Å². The monoisotopic (exact) mass is 341 g/mol. The van der Waals surface area contributed by atoms with Gasteiger partial charge >= 0.3 is 6.18 Å². The molecule has 0 amide bonds. The maximum atomic E-state index is 12.9. The van der Waals surface area contributed by atoms with E-state index in [1.165, 1.54) is 31.4 Å². The summed E-state index contributed by atoms with van der Waals surface area (Å²) >= 11 is 0. The Hall–Kier alpha value is -2.31. The standard InChI is InChI=1S/C18H17F3O3/c1-12(2)17(24-22,14-8-10-16(23-3)11-9-14)13-4-6-15(7-5-13)18(19,20)21/h4-11,22H,1H2,2-3H3/i2D3. The zero-order valence-corrected chi connectivity index (χ0v) is 12.7. The number of alkyl halides is 3. The van der Waals surface area contributed by atoms with Gasteiger partial charge in [0.15, 0.2) is 5.60 Å². The number of ether oxygens (including phenoxy) is 1. The van der Waals surface area contributed by atoms with Crippen LogP contribution in [0, 0.1) is 0 Å². The zero-order valence-electron chi connectivity index (χ0n) is 15.7. The smallest absolute Gasteiger partial charge is 0.416 e. The Kier molecular flexibility index (Phi) is 3.91. The lowest BCUT2D eigenvalue weighted by Gasteiger charge is -2.32. The van der Waals surface area contributed by atoms with Gasteiger partial charge in [-0.3, -0.25) is 5.26 Å². The Morgan fingerprint density at radius 2 is 1.46 bits per heavy atom. The maximum absolute atomic E-state index is 12.9. The molecule has 0 aliphatic carbocycles. The van der Waals surface area contributed by atoms with Crippen molar-refractivity contribution in [3.8, 4) is 5.75 Å². The summed E-state index contributed by atoms with van der Waals surface area (Å²) in [6.07, 6.45) is -4.57. The van der Waals surface area contributed by atoms with Crippen LogP contribution in [0.15, 0.2) is 60.7 Å². The van der Waals surface area contributed by atoms with Gasteiger partial charge in [0.05, 0.1) is 12.7 Å². The summed E-state index contributed by atoms with van der Waals surface area (Å²) in [6, 6.07) is 9.51. The van der Waals surface area contributed by atoms with Crippen LogP contribution >= 0.6 is 0 Å². The molecular formula is C18H17F3O3. The van der Waals surface area contributed by atoms with E-state index in [0.29, 0.717) is 5.75 Å². The molecule has 1 unspecified atom stereocenters. The van der Waals surface area contributed by atoms with Crippen molar-refractivity contribution in [2.75, 3.05) is 7.11 Å². The van der Waals surface area contributed by atoms with Crippen molar-refractivity contribution in [3.05, 3.63) is 77.4 Å². The molecule has 0 spiro atoms. The first-order chi connectivity index (χ1) is 12.5. The van der Waals surface area contributed by atoms with Crippen molar-refractivity contribution in [1.82, 2.24) is 0 Å². The second-order valence-electron chi connectivity index (χ2n) is 5.05. The molecule has 128 valence electrons. The van der Waals surface area contributed by atoms with Crippen LogP contribution < -0.4 is 4.74 Å². The lowest BCUT2D eigenvalue weighted by atomic mass is 9.81. The molecule has 24 heavy (non-hydrogen) atoms. The van der Waals surface area contributed by atoms with Crippen molar-refractivity contribution in [1.29, 1.82) is 0 Å². The van der Waals surface area contributed by atoms with Crippen molar-refractivity contribution in [3.63, 3.8) is 0 Å². The van der Waals surface area contributed by atoms with E-state index in [1.807, 2.05) is 0 Å². The predicted octanol–water partition coefficient (Wildman–Crippen LogP) is 5.02. The average molecular weight is 341 g/mol. The molecule has 1 N–H and O–H groups in total. The molecule has 2 aromatic carbocycles. The quantitative estimate of drug-likeness (QED) is 0.471. The summed E-state index contributed by atoms with van der Waals surface area (Å²) in [4.78, 5) is 4.62. The van der Waals surface area contributed by atoms with Gasteiger partial charge in [0.25, 0.3) is 0 Å². The lowest BCUT2D eigenvalue weighted by molar-refractivity contribution is -0.303. The minimum Gasteiger partial charge on any atom is -0.497 e. The Morgan fingerprint density at radius 1 is 1.00 bits per heavy atom. The van der Waals surface area contributed by atoms with E-state index in [0.717, 1.165) is 24.3 Å². The second-order valence-corrected chi connectivity index (χ2v) is 5.05. The van der Waals surface area contributed by atoms with Gasteiger partial charge in [0.2, 0.25) is 0 Å². The third-order valence-electron chi connectivity index (χ3n) is 3.68. The van der Waals surface area contributed by atoms with Gasteiger partial charge in [0, 0.05) is 4.11 Å². The van der Waals surface area contributed by atoms with Crippen LogP contribution in [0.5, 0.6) is 5.75 Å². The first kappa shape index (κ1) is 14.1. The van der Waals surface area contributed by atoms with Gasteiger partial charge in [-0.15, -0.1) is 0 Å². The summed E-state index contributed by atoms with van der Waals surface area (Å²) in [5.41, 5.74) is -3.40. The molecule has 3 nitrogen and oxygen atoms in total. The molecule has 0 saturated carbocycles. The van der Waals surface area contributed by atoms with Crippen molar-refractivity contribution in [2.24, 2.45) is 0 Å². The minimum atomic E-state index is -4.57. The molecule has 0 fully saturated rings. The van der Waals surface area contributed by atoms with Gasteiger partial charge in [-0.2, -0.15) is 13.2 Å². The Bertz CT molecular complexity index is 800. The van der Waals surface area contributed by atoms with E-state index >= 15 is 0 Å². The van der Waals surface area contributed by atoms with E-state index in [-0.39, 0.29) is 11.1 Å². The minimum absolute atomic E-state index is 0.0238. The molecule has 0 radical (unpaired) electrons. The van der Waals surface area contributed by atoms with Gasteiger partial charge in [0.1, 0.15) is 5.75 Å². The largest absolute Gasteiger partial charge is 0.497 e. The van der Waals surface area contributed by atoms with Gasteiger partial charge < -0.3 is 4.74 Å². The van der Waals surface area contributed by atoms with E-state index < -0.39 is 29.8 Å². The summed E-state index contributed by atoms with van der Waals surface area (Å²) in [7, 11) is 1.43. The van der Waals surface area contributed by atoms with Crippen LogP contribution in [0.3, 0.4) is 0 Å². The molecule has 2 rings (SSSR count). The topological polar surface area (TPSA) is 38.7 Å². The molecule has 0 aliphatic rings. The normalized spacial score (nSPS) is 16.5. The highest BCUT2D eigenvalue weighted by Gasteiger charge is 2.38. The fourth-order valence-electron chi connectivity index (χ4n) is 2.40. The van der Waals surface area contributed by atoms with E-state index in [2.05, 4.69) is 11.5 Å². The molecule has 0 saturated heterocycles. The number of methoxy groups -OCH3 is 1. The van der Waals surface area contributed by atoms with Crippen LogP contribution in [0.4, 0.5) is 13.2 Å². The third-order valence-corrected chi connectivity index (χ3v) is 3.68. The number of hydrogen-bond acceptors (Lipinski definition) is 3. The van der Waals surface area contributed by atoms with Crippen LogP contribution in [0.2, 0.25) is 0 Å². The first-order valence-electron chi connectivity index (χ1n) is 8.31. The number of halogens is 3. The fourth-order valence-corrected chi connectivity index (χ4v) is 2.40. The highest BCUT2D eigenvalue weighted by Crippen LogP contribution is 2.40. The highest BCUT2D eigenvalue weighted by atomic mass is 19.4. The predicted molar refractivity (Wildman–Crippen MR) is 83.7 cm³/mol. The number of hydrogen-bond donors (Lipinski definition) is 1. The highest BCUT2D eigenvalue weighted by molar-refractivity contribution is 5.46. The number of benzene rings is 2. The summed E-state index contributed by atoms with van der Waals surface area (Å²) < 4.78 is 66.6. The van der Waals surface area contributed by atoms with Gasteiger partial charge in [-0.1, -0.05) is 30.8 Å². The van der Waals surface area contributed by atoms with Crippen LogP contribution in [0.1, 0.15) is 27.7 Å². The van der Waals surface area contributed by atoms with Gasteiger partial charge in [-0.25, -0.2) is 4.89 Å². The van der Waals surface area contributed by atoms with Crippen LogP contribution in [-0.4, -0.2) is 12.4 Å². The van der Waals surface area contributed by atoms with E-state index in [4.69, 9.17) is 8.85 Å². The Labute approximate surface area is 142 Å². The average Bonchev–Trinajstić information content (AvgIpc) is 2.62. The van der Waals surface area contributed by atoms with Crippen molar-refractivity contribution in [2.45, 2.75) is 18.6 Å². The van der Waals surface area contributed by atoms with Crippen molar-refractivity contribution < 1.29 is 32.2 Å². The number of rotatable bonds is 5. The fraction of sp³-hybridized carbons (Fsp3) is 0.222. The summed E-state index contributed by atoms with van der Waals surface area (Å²) in [5.74, 6) is 0.456. The molecule has 0 aromatic heterocycles. The molecule has 0 aliphatic heterocycles. The Morgan fingerprint density at radius 3 is 1.83 bits per heavy atom. The van der Waals surface area contributed by atoms with Crippen LogP contribution in [0.25, 0.3) is 0 Å². The molecule has 2 aromatic rings. The zero-order chi connectivity index (χ0) is 20.5.